The Balaban J connectivity index is 1.30. The molecule has 1 aromatic rings. The number of methoxy groups -OCH3 is 1. The topological polar surface area (TPSA) is 222 Å². The van der Waals surface area contributed by atoms with E-state index in [1.54, 1.807) is 45.9 Å². The predicted molar refractivity (Wildman–Crippen MR) is 237 cm³/mol. The van der Waals surface area contributed by atoms with Gasteiger partial charge in [0.05, 0.1) is 24.8 Å². The lowest BCUT2D eigenvalue weighted by atomic mass is 9.43. The molecular weight excluding hydrogens is 847 g/mol. The Labute approximate surface area is 378 Å². The molecule has 0 aromatic heterocycles. The lowest BCUT2D eigenvalue weighted by molar-refractivity contribution is -0.199. The van der Waals surface area contributed by atoms with Gasteiger partial charge in [0, 0.05) is 39.1 Å². The molecule has 64 heavy (non-hydrogen) atoms. The van der Waals surface area contributed by atoms with Crippen LogP contribution < -0.4 is 20.1 Å². The number of esters is 1. The minimum Gasteiger partial charge on any atom is -0.496 e. The van der Waals surface area contributed by atoms with Gasteiger partial charge in [-0.05, 0) is 107 Å². The van der Waals surface area contributed by atoms with Crippen molar-refractivity contribution in [3.63, 3.8) is 0 Å². The Kier molecular flexibility index (Phi) is 14.2. The maximum absolute atomic E-state index is 15.0. The van der Waals surface area contributed by atoms with E-state index in [2.05, 4.69) is 36.1 Å². The van der Waals surface area contributed by atoms with Crippen molar-refractivity contribution in [1.29, 1.82) is 0 Å². The summed E-state index contributed by atoms with van der Waals surface area (Å²) in [5.74, 6) is -3.16. The molecule has 2 unspecified atom stereocenters. The fourth-order valence-corrected chi connectivity index (χ4v) is 11.5. The summed E-state index contributed by atoms with van der Waals surface area (Å²) >= 11 is 0. The zero-order valence-corrected chi connectivity index (χ0v) is 40.1. The third kappa shape index (κ3) is 10.3. The first-order valence-corrected chi connectivity index (χ1v) is 24.0. The van der Waals surface area contributed by atoms with Crippen LogP contribution in [-0.2, 0) is 45.1 Å². The van der Waals surface area contributed by atoms with Crippen molar-refractivity contribution < 1.29 is 56.3 Å². The predicted octanol–water partition coefficient (Wildman–Crippen LogP) is 3.02. The number of hydrogen-bond acceptors (Lipinski definition) is 12. The molecule has 3 heterocycles. The highest BCUT2D eigenvalue weighted by Crippen LogP contribution is 2.65. The Morgan fingerprint density at radius 1 is 1.00 bits per heavy atom. The highest BCUT2D eigenvalue weighted by atomic mass is 32.2. The number of aliphatic hydroxyl groups excluding tert-OH is 1. The molecule has 1 aromatic carbocycles. The average Bonchev–Trinajstić information content (AvgIpc) is 3.56. The van der Waals surface area contributed by atoms with E-state index in [0.717, 1.165) is 22.0 Å². The van der Waals surface area contributed by atoms with Gasteiger partial charge in [0.2, 0.25) is 18.0 Å². The van der Waals surface area contributed by atoms with Gasteiger partial charge < -0.3 is 39.4 Å². The number of hydrogen-bond donors (Lipinski definition) is 4. The van der Waals surface area contributed by atoms with Crippen molar-refractivity contribution in [3.05, 3.63) is 29.3 Å². The van der Waals surface area contributed by atoms with Gasteiger partial charge in [0.25, 0.3) is 5.91 Å². The van der Waals surface area contributed by atoms with E-state index in [-0.39, 0.29) is 80.6 Å². The smallest absolute Gasteiger partial charge is 0.482 e. The second-order valence-electron chi connectivity index (χ2n) is 21.1. The van der Waals surface area contributed by atoms with E-state index in [4.69, 9.17) is 18.8 Å². The first-order valence-electron chi connectivity index (χ1n) is 22.6. The molecule has 7 rings (SSSR count). The fourth-order valence-electron chi connectivity index (χ4n) is 10.3. The zero-order chi connectivity index (χ0) is 47.3. The third-order valence-electron chi connectivity index (χ3n) is 13.9. The first-order chi connectivity index (χ1) is 29.7. The molecule has 7 atom stereocenters. The Morgan fingerprint density at radius 2 is 1.67 bits per heavy atom. The molecule has 5 amide bonds. The van der Waals surface area contributed by atoms with E-state index in [1.807, 2.05) is 20.8 Å². The number of para-hydroxylation sites is 1. The first kappa shape index (κ1) is 49.5. The van der Waals surface area contributed by atoms with Crippen LogP contribution in [0.1, 0.15) is 117 Å². The summed E-state index contributed by atoms with van der Waals surface area (Å²) in [6, 6.07) is 2.94. The van der Waals surface area contributed by atoms with Crippen LogP contribution in [0.15, 0.2) is 18.2 Å². The van der Waals surface area contributed by atoms with Crippen molar-refractivity contribution >= 4 is 47.0 Å². The molecule has 2 bridgehead atoms. The fraction of sp³-hybridized carbons (Fsp3) is 0.750. The van der Waals surface area contributed by atoms with E-state index >= 15 is 0 Å². The molecular formula is C44H69BN6O12S. The summed E-state index contributed by atoms with van der Waals surface area (Å²) in [6.45, 7) is 19.5. The van der Waals surface area contributed by atoms with Crippen molar-refractivity contribution in [2.24, 2.45) is 28.6 Å². The van der Waals surface area contributed by atoms with Crippen LogP contribution in [0.25, 0.3) is 0 Å². The number of nitrogens with zero attached hydrogens (tertiary/aromatic N) is 3. The average molecular weight is 917 g/mol. The highest BCUT2D eigenvalue weighted by Gasteiger charge is 2.68. The van der Waals surface area contributed by atoms with E-state index in [9.17, 15) is 37.5 Å². The molecule has 6 aliphatic rings. The van der Waals surface area contributed by atoms with Gasteiger partial charge >= 0.3 is 29.3 Å². The largest absolute Gasteiger partial charge is 0.496 e. The number of ether oxygens (including phenoxy) is 2. The van der Waals surface area contributed by atoms with Crippen molar-refractivity contribution in [3.8, 4) is 5.75 Å². The normalized spacial score (nSPS) is 27.2. The summed E-state index contributed by atoms with van der Waals surface area (Å²) in [5, 5.41) is 16.9. The second kappa shape index (κ2) is 18.4. The molecule has 356 valence electrons. The molecule has 0 radical (unpaired) electrons. The van der Waals surface area contributed by atoms with Crippen LogP contribution in [0.3, 0.4) is 0 Å². The van der Waals surface area contributed by atoms with Crippen LogP contribution in [0.2, 0.25) is 0 Å². The van der Waals surface area contributed by atoms with Gasteiger partial charge in [-0.25, -0.2) is 14.3 Å². The number of carbonyl (C=O) groups excluding carboxylic acids is 5. The van der Waals surface area contributed by atoms with Gasteiger partial charge in [0.1, 0.15) is 23.0 Å². The maximum atomic E-state index is 15.0. The lowest BCUT2D eigenvalue weighted by Crippen LogP contribution is -2.65. The van der Waals surface area contributed by atoms with Crippen LogP contribution in [0.5, 0.6) is 5.75 Å². The molecule has 6 fully saturated rings. The molecule has 3 saturated heterocycles. The molecule has 18 nitrogen and oxygen atoms in total. The lowest BCUT2D eigenvalue weighted by Gasteiger charge is -2.64. The molecule has 3 aliphatic carbocycles. The summed E-state index contributed by atoms with van der Waals surface area (Å²) in [7, 11) is -3.74. The van der Waals surface area contributed by atoms with Crippen molar-refractivity contribution in [1.82, 2.24) is 29.5 Å². The molecule has 3 saturated carbocycles. The number of benzene rings is 1. The quantitative estimate of drug-likeness (QED) is 0.166. The third-order valence-corrected chi connectivity index (χ3v) is 15.4. The summed E-state index contributed by atoms with van der Waals surface area (Å²) in [4.78, 5) is 70.5. The van der Waals surface area contributed by atoms with Gasteiger partial charge in [0.15, 0.2) is 0 Å². The van der Waals surface area contributed by atoms with Crippen molar-refractivity contribution in [2.45, 2.75) is 143 Å². The Bertz CT molecular complexity index is 2070. The number of likely N-dealkylation sites (N-methyl/N-ethyl adjacent to an activating group) is 1. The number of urea groups is 1. The molecule has 20 heteroatoms. The van der Waals surface area contributed by atoms with Crippen LogP contribution in [0, 0.1) is 28.6 Å². The number of carbonyl (C=O) groups is 5. The summed E-state index contributed by atoms with van der Waals surface area (Å²) in [6.07, 6.45) is 0.0120. The molecule has 3 aliphatic heterocycles. The molecule has 0 spiro atoms. The number of piperidine rings is 1. The Morgan fingerprint density at radius 3 is 2.27 bits per heavy atom. The SMILES string of the molecule is CCN1CCN(C(=O)NC(C(=O)N[C@@H](Cc2cccc(C(=O)OC(C)(C)C)c2OC)B2O[C@@H]3C[C@@H]4C[C@@H](C4(C)C)[C@]3(C)O2)C2CCN(S(=O)(=O)NC(=O)CC(C)(C)C)CC2)C(O)C1=O. The van der Waals surface area contributed by atoms with Gasteiger partial charge in [-0.15, -0.1) is 0 Å². The molecule has 4 N–H and O–H groups in total. The number of aliphatic hydroxyl groups is 1. The summed E-state index contributed by atoms with van der Waals surface area (Å²) < 4.78 is 55.2. The Hall–Kier alpha value is -3.98. The maximum Gasteiger partial charge on any atom is 0.482 e. The van der Waals surface area contributed by atoms with Crippen LogP contribution >= 0.6 is 0 Å². The van der Waals surface area contributed by atoms with E-state index < -0.39 is 87.8 Å². The number of rotatable bonds is 13. The van der Waals surface area contributed by atoms with Gasteiger partial charge in [-0.2, -0.15) is 12.7 Å². The second-order valence-corrected chi connectivity index (χ2v) is 22.7. The number of amides is 5. The van der Waals surface area contributed by atoms with Crippen LogP contribution in [-0.4, -0.2) is 140 Å². The van der Waals surface area contributed by atoms with E-state index in [1.165, 1.54) is 12.0 Å². The summed E-state index contributed by atoms with van der Waals surface area (Å²) in [5.41, 5.74) is -1.13. The standard InChI is InChI=1S/C44H69BN6O12S/c1-12-49-20-21-51(38(55)37(49)54)40(57)47-34(26-16-18-50(19-17-26)64(58,59)48-33(52)25-41(2,3)4)36(53)46-32(45-62-31-24-28-23-30(43(28,8)9)44(31,10)63-45)22-27-14-13-15-29(35(27)60-11)39(56)61-42(5,6)7/h13-15,26,28,30-32,34,38,55H,12,16-25H2,1-11H3,(H,46,53)(H,47,57)(H,48,52)/t28-,30-,31+,32-,34?,38?,44-/m0/s1. The van der Waals surface area contributed by atoms with Gasteiger partial charge in [-0.3, -0.25) is 19.3 Å². The van der Waals surface area contributed by atoms with Crippen LogP contribution in [0.4, 0.5) is 4.79 Å². The highest BCUT2D eigenvalue weighted by molar-refractivity contribution is 7.87. The monoisotopic (exact) mass is 916 g/mol. The van der Waals surface area contributed by atoms with E-state index in [0.29, 0.717) is 18.0 Å². The van der Waals surface area contributed by atoms with Crippen molar-refractivity contribution in [2.75, 3.05) is 39.8 Å². The minimum atomic E-state index is -4.22. The zero-order valence-electron chi connectivity index (χ0n) is 39.3. The number of piperazine rings is 1. The minimum absolute atomic E-state index is 0.00448. The number of nitrogens with one attached hydrogen (secondary N) is 3. The van der Waals surface area contributed by atoms with Gasteiger partial charge in [-0.1, -0.05) is 46.8 Å².